The Morgan fingerprint density at radius 1 is 1.40 bits per heavy atom. The second kappa shape index (κ2) is 5.17. The van der Waals surface area contributed by atoms with Crippen LogP contribution in [0.4, 0.5) is 5.69 Å². The number of thiophene rings is 1. The maximum atomic E-state index is 12.3. The van der Waals surface area contributed by atoms with Crippen LogP contribution in [0.15, 0.2) is 30.3 Å². The minimum absolute atomic E-state index is 0.0763. The fraction of sp³-hybridized carbons (Fsp3) is 0.143. The number of aromatic nitrogens is 2. The van der Waals surface area contributed by atoms with E-state index in [1.807, 2.05) is 49.0 Å². The zero-order valence-corrected chi connectivity index (χ0v) is 13.9. The third kappa shape index (κ3) is 2.45. The number of nitrogens with zero attached hydrogens (tertiary/aromatic N) is 2. The van der Waals surface area contributed by atoms with Crippen LogP contribution in [0.5, 0.6) is 0 Å². The maximum absolute atomic E-state index is 12.3. The number of carbonyl (C=O) groups excluding carboxylic acids is 1. The van der Waals surface area contributed by atoms with Gasteiger partial charge < -0.3 is 5.32 Å². The van der Waals surface area contributed by atoms with Crippen molar-refractivity contribution in [3.63, 3.8) is 0 Å². The van der Waals surface area contributed by atoms with Gasteiger partial charge in [-0.25, -0.2) is 0 Å². The molecule has 0 unspecified atom stereocenters. The van der Waals surface area contributed by atoms with Crippen LogP contribution in [0.3, 0.4) is 0 Å². The summed E-state index contributed by atoms with van der Waals surface area (Å²) in [5, 5.41) is 8.31. The molecule has 4 nitrogen and oxygen atoms in total. The second-order valence-corrected chi connectivity index (χ2v) is 6.78. The molecule has 2 aromatic heterocycles. The minimum Gasteiger partial charge on any atom is -0.321 e. The summed E-state index contributed by atoms with van der Waals surface area (Å²) in [6.07, 6.45) is 0. The van der Waals surface area contributed by atoms with Gasteiger partial charge in [0, 0.05) is 21.7 Å². The van der Waals surface area contributed by atoms with Crippen LogP contribution in [0, 0.1) is 10.5 Å². The Bertz CT molecular complexity index is 771. The topological polar surface area (TPSA) is 46.9 Å². The lowest BCUT2D eigenvalue weighted by atomic mass is 10.3. The van der Waals surface area contributed by atoms with Crippen molar-refractivity contribution in [2.75, 3.05) is 5.32 Å². The minimum atomic E-state index is -0.0763. The predicted octanol–water partition coefficient (Wildman–Crippen LogP) is 3.80. The Balaban J connectivity index is 1.91. The van der Waals surface area contributed by atoms with Gasteiger partial charge in [0.1, 0.15) is 4.83 Å². The summed E-state index contributed by atoms with van der Waals surface area (Å²) in [5.41, 5.74) is 1.77. The number of nitrogens with one attached hydrogen (secondary N) is 1. The van der Waals surface area contributed by atoms with E-state index in [9.17, 15) is 4.79 Å². The van der Waals surface area contributed by atoms with Gasteiger partial charge >= 0.3 is 0 Å². The number of hydrogen-bond donors (Lipinski definition) is 1. The van der Waals surface area contributed by atoms with Gasteiger partial charge in [-0.15, -0.1) is 11.3 Å². The summed E-state index contributed by atoms with van der Waals surface area (Å²) in [4.78, 5) is 14.0. The van der Waals surface area contributed by atoms with Crippen LogP contribution in [-0.2, 0) is 7.05 Å². The van der Waals surface area contributed by atoms with Crippen LogP contribution in [-0.4, -0.2) is 15.7 Å². The molecule has 2 heterocycles. The molecule has 0 aliphatic heterocycles. The highest BCUT2D eigenvalue weighted by Gasteiger charge is 2.15. The zero-order valence-electron chi connectivity index (χ0n) is 11.0. The van der Waals surface area contributed by atoms with Gasteiger partial charge in [0.25, 0.3) is 5.91 Å². The molecule has 0 spiro atoms. The number of hydrogen-bond acceptors (Lipinski definition) is 3. The maximum Gasteiger partial charge on any atom is 0.265 e. The highest BCUT2D eigenvalue weighted by atomic mass is 127. The Morgan fingerprint density at radius 2 is 2.20 bits per heavy atom. The first-order valence-electron chi connectivity index (χ1n) is 6.04. The largest absolute Gasteiger partial charge is 0.321 e. The van der Waals surface area contributed by atoms with Crippen molar-refractivity contribution in [3.8, 4) is 0 Å². The van der Waals surface area contributed by atoms with Crippen molar-refractivity contribution < 1.29 is 4.79 Å². The van der Waals surface area contributed by atoms with Gasteiger partial charge in [0.05, 0.1) is 10.6 Å². The van der Waals surface area contributed by atoms with Crippen molar-refractivity contribution in [2.45, 2.75) is 6.92 Å². The zero-order chi connectivity index (χ0) is 14.3. The summed E-state index contributed by atoms with van der Waals surface area (Å²) >= 11 is 3.69. The highest BCUT2D eigenvalue weighted by molar-refractivity contribution is 14.1. The second-order valence-electron chi connectivity index (χ2n) is 4.50. The molecular formula is C14H12IN3OS. The van der Waals surface area contributed by atoms with Crippen molar-refractivity contribution in [1.29, 1.82) is 0 Å². The normalized spacial score (nSPS) is 10.9. The van der Waals surface area contributed by atoms with E-state index in [0.717, 1.165) is 25.2 Å². The number of amides is 1. The van der Waals surface area contributed by atoms with Crippen LogP contribution >= 0.6 is 33.9 Å². The van der Waals surface area contributed by atoms with E-state index < -0.39 is 0 Å². The first kappa shape index (κ1) is 13.6. The molecule has 20 heavy (non-hydrogen) atoms. The molecule has 3 aromatic rings. The quantitative estimate of drug-likeness (QED) is 0.669. The molecule has 0 saturated carbocycles. The van der Waals surface area contributed by atoms with Gasteiger partial charge in [0.2, 0.25) is 0 Å². The molecule has 3 rings (SSSR count). The monoisotopic (exact) mass is 397 g/mol. The van der Waals surface area contributed by atoms with E-state index in [1.54, 1.807) is 0 Å². The fourth-order valence-electron chi connectivity index (χ4n) is 2.08. The molecule has 0 bridgehead atoms. The molecule has 1 amide bonds. The van der Waals surface area contributed by atoms with Gasteiger partial charge in [-0.2, -0.15) is 5.10 Å². The van der Waals surface area contributed by atoms with Crippen molar-refractivity contribution >= 4 is 55.7 Å². The van der Waals surface area contributed by atoms with E-state index in [1.165, 1.54) is 11.3 Å². The number of carbonyl (C=O) groups is 1. The standard InChI is InChI=1S/C14H12IN3OS/c1-8-11-7-12(20-14(11)18(2)17-8)13(19)16-10-5-3-4-9(15)6-10/h3-7H,1-2H3,(H,16,19). The summed E-state index contributed by atoms with van der Waals surface area (Å²) in [5.74, 6) is -0.0763. The summed E-state index contributed by atoms with van der Waals surface area (Å²) in [7, 11) is 1.90. The summed E-state index contributed by atoms with van der Waals surface area (Å²) < 4.78 is 2.91. The van der Waals surface area contributed by atoms with E-state index >= 15 is 0 Å². The van der Waals surface area contributed by atoms with Crippen molar-refractivity contribution in [3.05, 3.63) is 44.5 Å². The predicted molar refractivity (Wildman–Crippen MR) is 90.4 cm³/mol. The number of anilines is 1. The number of fused-ring (bicyclic) bond motifs is 1. The molecule has 0 fully saturated rings. The van der Waals surface area contributed by atoms with E-state index in [0.29, 0.717) is 4.88 Å². The first-order chi connectivity index (χ1) is 9.54. The summed E-state index contributed by atoms with van der Waals surface area (Å²) in [6, 6.07) is 9.66. The third-order valence-corrected chi connectivity index (χ3v) is 4.87. The highest BCUT2D eigenvalue weighted by Crippen LogP contribution is 2.28. The average molecular weight is 397 g/mol. The van der Waals surface area contributed by atoms with Crippen LogP contribution in [0.1, 0.15) is 15.4 Å². The smallest absolute Gasteiger partial charge is 0.265 e. The molecule has 0 radical (unpaired) electrons. The lowest BCUT2D eigenvalue weighted by Gasteiger charge is -2.03. The Kier molecular flexibility index (Phi) is 3.51. The molecule has 102 valence electrons. The Morgan fingerprint density at radius 3 is 2.90 bits per heavy atom. The lowest BCUT2D eigenvalue weighted by Crippen LogP contribution is -2.10. The van der Waals surface area contributed by atoms with E-state index in [-0.39, 0.29) is 5.91 Å². The Labute approximate surface area is 133 Å². The van der Waals surface area contributed by atoms with Gasteiger partial charge in [0.15, 0.2) is 0 Å². The number of benzene rings is 1. The van der Waals surface area contributed by atoms with Crippen LogP contribution in [0.2, 0.25) is 0 Å². The number of rotatable bonds is 2. The number of aryl methyl sites for hydroxylation is 2. The van der Waals surface area contributed by atoms with Crippen molar-refractivity contribution in [2.24, 2.45) is 7.05 Å². The fourth-order valence-corrected chi connectivity index (χ4v) is 3.64. The third-order valence-electron chi connectivity index (χ3n) is 3.00. The molecule has 1 aromatic carbocycles. The van der Waals surface area contributed by atoms with Crippen LogP contribution < -0.4 is 5.32 Å². The molecule has 6 heteroatoms. The van der Waals surface area contributed by atoms with Gasteiger partial charge in [-0.05, 0) is 53.8 Å². The molecule has 0 atom stereocenters. The van der Waals surface area contributed by atoms with Crippen molar-refractivity contribution in [1.82, 2.24) is 9.78 Å². The lowest BCUT2D eigenvalue weighted by molar-refractivity contribution is 0.103. The van der Waals surface area contributed by atoms with Crippen LogP contribution in [0.25, 0.3) is 10.2 Å². The molecule has 1 N–H and O–H groups in total. The SMILES string of the molecule is Cc1nn(C)c2sc(C(=O)Nc3cccc(I)c3)cc12. The van der Waals surface area contributed by atoms with Gasteiger partial charge in [-0.1, -0.05) is 6.07 Å². The molecule has 0 saturated heterocycles. The van der Waals surface area contributed by atoms with E-state index in [2.05, 4.69) is 33.0 Å². The number of halogens is 1. The summed E-state index contributed by atoms with van der Waals surface area (Å²) in [6.45, 7) is 1.95. The average Bonchev–Trinajstić information content (AvgIpc) is 2.92. The molecule has 0 aliphatic rings. The van der Waals surface area contributed by atoms with E-state index in [4.69, 9.17) is 0 Å². The van der Waals surface area contributed by atoms with Gasteiger partial charge in [-0.3, -0.25) is 9.48 Å². The first-order valence-corrected chi connectivity index (χ1v) is 7.94. The molecule has 0 aliphatic carbocycles. The Hall–Kier alpha value is -1.41. The molecular weight excluding hydrogens is 385 g/mol.